The maximum atomic E-state index is 6.30. The van der Waals surface area contributed by atoms with Gasteiger partial charge in [0.05, 0.1) is 10.5 Å². The van der Waals surface area contributed by atoms with Gasteiger partial charge in [-0.1, -0.05) is 43.0 Å². The van der Waals surface area contributed by atoms with Crippen molar-refractivity contribution in [1.82, 2.24) is 9.88 Å². The van der Waals surface area contributed by atoms with Gasteiger partial charge in [0.15, 0.2) is 0 Å². The van der Waals surface area contributed by atoms with E-state index in [1.807, 2.05) is 12.1 Å². The summed E-state index contributed by atoms with van der Waals surface area (Å²) in [7, 11) is 0. The highest BCUT2D eigenvalue weighted by Crippen LogP contribution is 2.24. The fourth-order valence-corrected chi connectivity index (χ4v) is 3.55. The molecule has 1 aliphatic rings. The Bertz CT molecular complexity index is 555. The Labute approximate surface area is 126 Å². The van der Waals surface area contributed by atoms with E-state index < -0.39 is 0 Å². The summed E-state index contributed by atoms with van der Waals surface area (Å²) < 4.78 is 2.28. The lowest BCUT2D eigenvalue weighted by atomic mass is 9.95. The van der Waals surface area contributed by atoms with Crippen LogP contribution in [0.3, 0.4) is 0 Å². The van der Waals surface area contributed by atoms with Gasteiger partial charge in [-0.05, 0) is 37.9 Å². The van der Waals surface area contributed by atoms with Gasteiger partial charge >= 0.3 is 0 Å². The van der Waals surface area contributed by atoms with Gasteiger partial charge in [0.1, 0.15) is 0 Å². The van der Waals surface area contributed by atoms with Gasteiger partial charge in [0, 0.05) is 24.2 Å². The normalized spacial score (nSPS) is 16.9. The highest BCUT2D eigenvalue weighted by molar-refractivity contribution is 6.35. The van der Waals surface area contributed by atoms with E-state index in [-0.39, 0.29) is 0 Å². The van der Waals surface area contributed by atoms with E-state index in [1.165, 1.54) is 43.0 Å². The third-order valence-electron chi connectivity index (χ3n) is 4.35. The van der Waals surface area contributed by atoms with Crippen molar-refractivity contribution in [2.45, 2.75) is 51.1 Å². The molecule has 1 aromatic carbocycles. The van der Waals surface area contributed by atoms with E-state index >= 15 is 0 Å². The molecule has 0 atom stereocenters. The molecule has 0 bridgehead atoms. The Kier molecular flexibility index (Phi) is 4.64. The van der Waals surface area contributed by atoms with Crippen LogP contribution in [0.1, 0.15) is 38.5 Å². The summed E-state index contributed by atoms with van der Waals surface area (Å²) in [5.41, 5.74) is 1.17. The number of fused-ring (bicyclic) bond motifs is 1. The molecule has 1 saturated carbocycles. The lowest BCUT2D eigenvalue weighted by molar-refractivity contribution is 0.369. The molecule has 2 nitrogen and oxygen atoms in total. The third kappa shape index (κ3) is 3.18. The number of benzene rings is 1. The molecule has 20 heavy (non-hydrogen) atoms. The highest BCUT2D eigenvalue weighted by Gasteiger charge is 2.12. The van der Waals surface area contributed by atoms with Crippen LogP contribution >= 0.6 is 11.6 Å². The number of rotatable bonds is 5. The third-order valence-corrected chi connectivity index (χ3v) is 4.66. The van der Waals surface area contributed by atoms with Crippen molar-refractivity contribution < 1.29 is 0 Å². The van der Waals surface area contributed by atoms with Crippen molar-refractivity contribution >= 4 is 22.5 Å². The first-order valence-electron chi connectivity index (χ1n) is 7.81. The number of nitrogens with one attached hydrogen (secondary N) is 1. The Balaban J connectivity index is 1.52. The van der Waals surface area contributed by atoms with Crippen LogP contribution in [0.5, 0.6) is 0 Å². The predicted octanol–water partition coefficient (Wildman–Crippen LogP) is 4.61. The molecule has 3 heteroatoms. The van der Waals surface area contributed by atoms with Gasteiger partial charge in [-0.25, -0.2) is 0 Å². The minimum atomic E-state index is 0.758. The summed E-state index contributed by atoms with van der Waals surface area (Å²) >= 11 is 6.30. The van der Waals surface area contributed by atoms with Gasteiger partial charge in [0.2, 0.25) is 0 Å². The van der Waals surface area contributed by atoms with Gasteiger partial charge in [-0.3, -0.25) is 0 Å². The molecular weight excluding hydrogens is 268 g/mol. The second kappa shape index (κ2) is 6.64. The van der Waals surface area contributed by atoms with E-state index in [9.17, 15) is 0 Å². The van der Waals surface area contributed by atoms with Crippen LogP contribution in [-0.4, -0.2) is 17.2 Å². The van der Waals surface area contributed by atoms with Crippen molar-refractivity contribution in [3.63, 3.8) is 0 Å². The molecule has 1 N–H and O–H groups in total. The van der Waals surface area contributed by atoms with Crippen LogP contribution in [0.2, 0.25) is 5.02 Å². The topological polar surface area (TPSA) is 17.0 Å². The number of hydrogen-bond acceptors (Lipinski definition) is 1. The fraction of sp³-hybridized carbons (Fsp3) is 0.529. The zero-order valence-corrected chi connectivity index (χ0v) is 12.7. The Morgan fingerprint density at radius 2 is 2.00 bits per heavy atom. The van der Waals surface area contributed by atoms with E-state index in [2.05, 4.69) is 28.2 Å². The first-order chi connectivity index (χ1) is 9.84. The summed E-state index contributed by atoms with van der Waals surface area (Å²) in [5, 5.41) is 5.79. The van der Waals surface area contributed by atoms with E-state index in [1.54, 1.807) is 0 Å². The Morgan fingerprint density at radius 3 is 2.85 bits per heavy atom. The molecule has 0 unspecified atom stereocenters. The van der Waals surface area contributed by atoms with Gasteiger partial charge in [-0.15, -0.1) is 0 Å². The first-order valence-corrected chi connectivity index (χ1v) is 8.19. The molecule has 1 heterocycles. The van der Waals surface area contributed by atoms with Crippen molar-refractivity contribution in [2.24, 2.45) is 0 Å². The summed E-state index contributed by atoms with van der Waals surface area (Å²) in [4.78, 5) is 0. The zero-order chi connectivity index (χ0) is 13.8. The SMILES string of the molecule is Clc1cccc2ccn(CCCNC3CCCCC3)c12. The molecule has 0 saturated heterocycles. The number of aromatic nitrogens is 1. The standard InChI is InChI=1S/C17H23ClN2/c18-16-9-4-6-14-10-13-20(17(14)16)12-5-11-19-15-7-2-1-3-8-15/h4,6,9-10,13,15,19H,1-3,5,7-8,11-12H2. The molecule has 1 aromatic heterocycles. The number of halogens is 1. The number of para-hydroxylation sites is 1. The summed E-state index contributed by atoms with van der Waals surface area (Å²) in [6.07, 6.45) is 10.2. The van der Waals surface area contributed by atoms with Crippen molar-refractivity contribution in [3.05, 3.63) is 35.5 Å². The van der Waals surface area contributed by atoms with Gasteiger partial charge in [0.25, 0.3) is 0 Å². The fourth-order valence-electron chi connectivity index (χ4n) is 3.26. The number of nitrogens with zero attached hydrogens (tertiary/aromatic N) is 1. The molecule has 3 rings (SSSR count). The van der Waals surface area contributed by atoms with Crippen LogP contribution in [0, 0.1) is 0 Å². The molecule has 1 aliphatic carbocycles. The van der Waals surface area contributed by atoms with Crippen molar-refractivity contribution in [1.29, 1.82) is 0 Å². The molecular formula is C17H23ClN2. The molecule has 0 radical (unpaired) electrons. The molecule has 1 fully saturated rings. The maximum Gasteiger partial charge on any atom is 0.0669 e. The average molecular weight is 291 g/mol. The second-order valence-corrected chi connectivity index (χ2v) is 6.24. The highest BCUT2D eigenvalue weighted by atomic mass is 35.5. The van der Waals surface area contributed by atoms with Crippen LogP contribution < -0.4 is 5.32 Å². The molecule has 0 amide bonds. The van der Waals surface area contributed by atoms with Crippen LogP contribution in [0.25, 0.3) is 10.9 Å². The lowest BCUT2D eigenvalue weighted by Gasteiger charge is -2.22. The van der Waals surface area contributed by atoms with Gasteiger partial charge < -0.3 is 9.88 Å². The van der Waals surface area contributed by atoms with E-state index in [4.69, 9.17) is 11.6 Å². The maximum absolute atomic E-state index is 6.30. The predicted molar refractivity (Wildman–Crippen MR) is 86.4 cm³/mol. The molecule has 0 spiro atoms. The van der Waals surface area contributed by atoms with E-state index in [0.717, 1.165) is 30.6 Å². The minimum absolute atomic E-state index is 0.758. The van der Waals surface area contributed by atoms with Crippen molar-refractivity contribution in [3.8, 4) is 0 Å². The first kappa shape index (κ1) is 14.0. The lowest BCUT2D eigenvalue weighted by Crippen LogP contribution is -2.32. The minimum Gasteiger partial charge on any atom is -0.346 e. The Morgan fingerprint density at radius 1 is 1.15 bits per heavy atom. The van der Waals surface area contributed by atoms with Crippen molar-refractivity contribution in [2.75, 3.05) is 6.54 Å². The quantitative estimate of drug-likeness (QED) is 0.796. The summed E-state index contributed by atoms with van der Waals surface area (Å²) in [6, 6.07) is 9.02. The van der Waals surface area contributed by atoms with E-state index in [0.29, 0.717) is 0 Å². The van der Waals surface area contributed by atoms with Gasteiger partial charge in [-0.2, -0.15) is 0 Å². The summed E-state index contributed by atoms with van der Waals surface area (Å²) in [6.45, 7) is 2.14. The number of hydrogen-bond donors (Lipinski definition) is 1. The molecule has 2 aromatic rings. The van der Waals surface area contributed by atoms with Crippen LogP contribution in [-0.2, 0) is 6.54 Å². The smallest absolute Gasteiger partial charge is 0.0669 e. The number of aryl methyl sites for hydroxylation is 1. The largest absolute Gasteiger partial charge is 0.346 e. The van der Waals surface area contributed by atoms with Crippen LogP contribution in [0.4, 0.5) is 0 Å². The second-order valence-electron chi connectivity index (χ2n) is 5.83. The zero-order valence-electron chi connectivity index (χ0n) is 11.9. The molecule has 0 aliphatic heterocycles. The molecule has 108 valence electrons. The summed E-state index contributed by atoms with van der Waals surface area (Å²) in [5.74, 6) is 0. The Hall–Kier alpha value is -0.990. The van der Waals surface area contributed by atoms with Crippen LogP contribution in [0.15, 0.2) is 30.5 Å². The average Bonchev–Trinajstić information content (AvgIpc) is 2.89. The monoisotopic (exact) mass is 290 g/mol.